The molecule has 0 saturated carbocycles. The summed E-state index contributed by atoms with van der Waals surface area (Å²) in [5.41, 5.74) is 29.2. The average molecular weight is 1500 g/mol. The molecular formula is C104H58N6OS3. The molecule has 4 aliphatic rings. The molecule has 8 heterocycles. The molecule has 0 saturated heterocycles. The number of furan rings is 1. The third-order valence-electron chi connectivity index (χ3n) is 24.9. The lowest BCUT2D eigenvalue weighted by atomic mass is 9.67. The quantitative estimate of drug-likeness (QED) is 0.164. The minimum atomic E-state index is -0.645. The van der Waals surface area contributed by atoms with Crippen LogP contribution in [0.25, 0.3) is 176 Å². The van der Waals surface area contributed by atoms with Crippen LogP contribution in [0.3, 0.4) is 0 Å². The lowest BCUT2D eigenvalue weighted by Gasteiger charge is -2.39. The van der Waals surface area contributed by atoms with Gasteiger partial charge in [0.2, 0.25) is 11.9 Å². The van der Waals surface area contributed by atoms with Crippen LogP contribution in [0.5, 0.6) is 0 Å². The Kier molecular flexibility index (Phi) is 12.9. The first-order valence-corrected chi connectivity index (χ1v) is 41.2. The van der Waals surface area contributed by atoms with E-state index in [1.165, 1.54) is 86.3 Å². The van der Waals surface area contributed by atoms with Gasteiger partial charge in [0.1, 0.15) is 16.8 Å². The van der Waals surface area contributed by atoms with E-state index in [1.54, 1.807) is 11.3 Å². The van der Waals surface area contributed by atoms with Crippen LogP contribution in [0.15, 0.2) is 376 Å². The van der Waals surface area contributed by atoms with E-state index >= 15 is 0 Å². The van der Waals surface area contributed by atoms with Crippen molar-refractivity contribution < 1.29 is 4.42 Å². The molecule has 10 heteroatoms. The van der Waals surface area contributed by atoms with E-state index in [9.17, 15) is 0 Å². The largest absolute Gasteiger partial charge is 0.452 e. The number of thiophene rings is 1. The maximum Gasteiger partial charge on any atom is 0.236 e. The van der Waals surface area contributed by atoms with Crippen molar-refractivity contribution in [1.29, 1.82) is 0 Å². The highest BCUT2D eigenvalue weighted by molar-refractivity contribution is 7.99. The van der Waals surface area contributed by atoms with Crippen molar-refractivity contribution in [3.63, 3.8) is 0 Å². The number of benzene rings is 16. The molecule has 0 N–H and O–H groups in total. The van der Waals surface area contributed by atoms with Crippen LogP contribution in [-0.2, 0) is 10.8 Å². The van der Waals surface area contributed by atoms with Crippen LogP contribution in [-0.4, -0.2) is 29.1 Å². The third kappa shape index (κ3) is 8.47. The molecule has 0 radical (unpaired) electrons. The molecule has 0 atom stereocenters. The second-order valence-corrected chi connectivity index (χ2v) is 33.7. The van der Waals surface area contributed by atoms with Crippen molar-refractivity contribution >= 4 is 132 Å². The molecule has 7 nitrogen and oxygen atoms in total. The average Bonchev–Trinajstić information content (AvgIpc) is 1.50. The lowest BCUT2D eigenvalue weighted by Crippen LogP contribution is -2.32. The summed E-state index contributed by atoms with van der Waals surface area (Å²) in [5, 5.41) is 8.77. The van der Waals surface area contributed by atoms with Crippen LogP contribution < -0.4 is 0 Å². The molecule has 0 bridgehead atoms. The molecule has 0 fully saturated rings. The number of hydrogen-bond acceptors (Lipinski definition) is 8. The predicted molar refractivity (Wildman–Crippen MR) is 469 cm³/mol. The Balaban J connectivity index is 0.724. The molecule has 2 spiro atoms. The van der Waals surface area contributed by atoms with Crippen molar-refractivity contribution in [2.45, 2.75) is 30.4 Å². The number of rotatable bonds is 6. The van der Waals surface area contributed by atoms with Gasteiger partial charge in [-0.2, -0.15) is 0 Å². The van der Waals surface area contributed by atoms with Gasteiger partial charge in [0.25, 0.3) is 0 Å². The van der Waals surface area contributed by atoms with E-state index < -0.39 is 10.8 Å². The fraction of sp³-hybridized carbons (Fsp3) is 0.0192. The summed E-state index contributed by atoms with van der Waals surface area (Å²) in [5.74, 6) is 1.17. The summed E-state index contributed by atoms with van der Waals surface area (Å²) < 4.78 is 13.7. The minimum Gasteiger partial charge on any atom is -0.452 e. The molecule has 6 aromatic heterocycles. The summed E-state index contributed by atoms with van der Waals surface area (Å²) in [6.45, 7) is 0. The van der Waals surface area contributed by atoms with E-state index in [1.807, 2.05) is 35.7 Å². The standard InChI is InChI=1S/C104H58N6OS3/c1-2-23-59(24-3-1)61-45-48-62(49-46-61)96-100-98(108-102(106-96)109-84-40-18-10-31-71(84)74-55-92-82(57-86(74)109)103(80-38-16-20-43-89(80)112-92)76-34-12-6-27-67(76)68-28-7-13-35-77(68)103)73-52-51-64(54-91(73)114-100)66-33-22-41-85-94(66)75-56-93-83(104(81-39-17-21-44-90(81)113-93)78-36-14-8-29-69(78)70-30-9-15-37-79(70)104)58-87(75)110(85)101-105-95(65-50-47-60-25-4-5-26-63(60)53-65)99-97(107-101)72-32-11-19-42-88(72)111-99/h1-58H. The van der Waals surface area contributed by atoms with E-state index in [4.69, 9.17) is 24.4 Å². The molecule has 22 aromatic rings. The van der Waals surface area contributed by atoms with E-state index in [2.05, 4.69) is 349 Å². The first-order valence-electron chi connectivity index (χ1n) is 38.7. The fourth-order valence-corrected chi connectivity index (χ4v) is 23.8. The van der Waals surface area contributed by atoms with E-state index in [0.29, 0.717) is 17.5 Å². The first kappa shape index (κ1) is 63.0. The Morgan fingerprint density at radius 1 is 0.272 bits per heavy atom. The van der Waals surface area contributed by atoms with Crippen molar-refractivity contribution in [1.82, 2.24) is 29.1 Å². The SMILES string of the molecule is c1ccc(-c2ccc(-c3nc(-n4c5ccccc5c5cc6c(cc54)C4(c5ccccc5S6)c5ccccc5-c5ccccc54)nc4c3sc3cc(-c5cccc6c5c5cc7c(cc5n6-c5nc(-c6ccc8ccccc8c6)c6oc8ccccc8c6n5)C5(c6ccccc6S7)c6ccccc6-c6ccccc65)ccc34)cc2)cc1. The van der Waals surface area contributed by atoms with Gasteiger partial charge in [0, 0.05) is 67.7 Å². The number of aromatic nitrogens is 6. The highest BCUT2D eigenvalue weighted by Gasteiger charge is 2.52. The smallest absolute Gasteiger partial charge is 0.236 e. The lowest BCUT2D eigenvalue weighted by molar-refractivity contribution is 0.666. The number of fused-ring (bicyclic) bond motifs is 31. The van der Waals surface area contributed by atoms with Gasteiger partial charge in [-0.1, -0.05) is 303 Å². The zero-order valence-electron chi connectivity index (χ0n) is 60.8. The van der Waals surface area contributed by atoms with Crippen LogP contribution in [0.4, 0.5) is 0 Å². The third-order valence-corrected chi connectivity index (χ3v) is 28.3. The number of hydrogen-bond donors (Lipinski definition) is 0. The summed E-state index contributed by atoms with van der Waals surface area (Å²) in [6.07, 6.45) is 0. The Morgan fingerprint density at radius 2 is 0.763 bits per heavy atom. The second-order valence-electron chi connectivity index (χ2n) is 30.5. The molecular weight excluding hydrogens is 1450 g/mol. The molecule has 16 aromatic carbocycles. The number of nitrogens with zero attached hydrogens (tertiary/aromatic N) is 6. The first-order chi connectivity index (χ1) is 56.5. The fourth-order valence-electron chi connectivity index (χ4n) is 20.2. The monoisotopic (exact) mass is 1500 g/mol. The van der Waals surface area contributed by atoms with Gasteiger partial charge in [0.05, 0.1) is 48.8 Å². The van der Waals surface area contributed by atoms with Crippen LogP contribution >= 0.6 is 34.9 Å². The Hall–Kier alpha value is -13.7. The summed E-state index contributed by atoms with van der Waals surface area (Å²) >= 11 is 5.52. The Bertz CT molecular complexity index is 7930. The van der Waals surface area contributed by atoms with E-state index in [0.717, 1.165) is 136 Å². The summed E-state index contributed by atoms with van der Waals surface area (Å²) in [7, 11) is 0. The van der Waals surface area contributed by atoms with Gasteiger partial charge in [-0.15, -0.1) is 11.3 Å². The molecule has 528 valence electrons. The Labute approximate surface area is 665 Å². The highest BCUT2D eigenvalue weighted by atomic mass is 32.2. The zero-order valence-corrected chi connectivity index (χ0v) is 63.3. The van der Waals surface area contributed by atoms with E-state index in [-0.39, 0.29) is 0 Å². The molecule has 2 aliphatic carbocycles. The highest BCUT2D eigenvalue weighted by Crippen LogP contribution is 2.65. The Morgan fingerprint density at radius 3 is 1.44 bits per heavy atom. The van der Waals surface area contributed by atoms with Crippen LogP contribution in [0, 0.1) is 0 Å². The topological polar surface area (TPSA) is 74.6 Å². The van der Waals surface area contributed by atoms with Gasteiger partial charge in [-0.3, -0.25) is 9.13 Å². The van der Waals surface area contributed by atoms with Gasteiger partial charge < -0.3 is 4.42 Å². The zero-order chi connectivity index (χ0) is 74.2. The van der Waals surface area contributed by atoms with Crippen LogP contribution in [0.2, 0.25) is 0 Å². The van der Waals surface area contributed by atoms with Gasteiger partial charge >= 0.3 is 0 Å². The maximum absolute atomic E-state index is 6.90. The van der Waals surface area contributed by atoms with Crippen molar-refractivity contribution in [2.24, 2.45) is 0 Å². The van der Waals surface area contributed by atoms with Gasteiger partial charge in [-0.25, -0.2) is 19.9 Å². The predicted octanol–water partition coefficient (Wildman–Crippen LogP) is 27.2. The summed E-state index contributed by atoms with van der Waals surface area (Å²) in [4.78, 5) is 28.3. The van der Waals surface area contributed by atoms with Gasteiger partial charge in [0.15, 0.2) is 5.58 Å². The summed E-state index contributed by atoms with van der Waals surface area (Å²) in [6, 6.07) is 130. The maximum atomic E-state index is 6.90. The molecule has 0 amide bonds. The normalized spacial score (nSPS) is 13.9. The van der Waals surface area contributed by atoms with Crippen molar-refractivity contribution in [2.75, 3.05) is 0 Å². The van der Waals surface area contributed by atoms with Crippen molar-refractivity contribution in [3.8, 4) is 78.9 Å². The molecule has 0 unspecified atom stereocenters. The van der Waals surface area contributed by atoms with Gasteiger partial charge in [-0.05, 0) is 173 Å². The van der Waals surface area contributed by atoms with Crippen molar-refractivity contribution in [3.05, 3.63) is 396 Å². The molecule has 114 heavy (non-hydrogen) atoms. The molecule has 2 aliphatic heterocycles. The number of para-hydroxylation sites is 2. The molecule has 26 rings (SSSR count). The second kappa shape index (κ2) is 23.4. The minimum absolute atomic E-state index is 0.555. The van der Waals surface area contributed by atoms with Crippen LogP contribution in [0.1, 0.15) is 44.5 Å².